The first-order valence-corrected chi connectivity index (χ1v) is 7.47. The molecule has 4 nitrogen and oxygen atoms in total. The van der Waals surface area contributed by atoms with Crippen LogP contribution in [-0.4, -0.2) is 15.9 Å². The average Bonchev–Trinajstić information content (AvgIpc) is 2.44. The van der Waals surface area contributed by atoms with Crippen molar-refractivity contribution in [1.82, 2.24) is 0 Å². The Labute approximate surface area is 120 Å². The molecule has 0 bridgehead atoms. The molecule has 1 amide bonds. The fourth-order valence-corrected chi connectivity index (χ4v) is 2.63. The molecule has 3 N–H and O–H groups in total. The Hall–Kier alpha value is -2.14. The molecule has 0 spiro atoms. The Kier molecular flexibility index (Phi) is 4.53. The number of hydrogen-bond donors (Lipinski definition) is 2. The van der Waals surface area contributed by atoms with E-state index in [2.05, 4.69) is 5.32 Å². The van der Waals surface area contributed by atoms with Crippen molar-refractivity contribution < 1.29 is 9.00 Å². The number of rotatable bonds is 4. The summed E-state index contributed by atoms with van der Waals surface area (Å²) in [6, 6.07) is 14.2. The molecule has 0 saturated carbocycles. The molecule has 0 saturated heterocycles. The molecule has 5 heteroatoms. The molecule has 2 aromatic rings. The van der Waals surface area contributed by atoms with Gasteiger partial charge in [0.05, 0.1) is 10.8 Å². The molecule has 0 aliphatic rings. The van der Waals surface area contributed by atoms with Crippen LogP contribution in [0.2, 0.25) is 0 Å². The summed E-state index contributed by atoms with van der Waals surface area (Å²) < 4.78 is 12.0. The molecular formula is C15H16N2O2S. The first-order chi connectivity index (χ1) is 9.56. The Morgan fingerprint density at radius 1 is 1.20 bits per heavy atom. The summed E-state index contributed by atoms with van der Waals surface area (Å²) in [7, 11) is -1.34. The third-order valence-corrected chi connectivity index (χ3v) is 4.15. The molecule has 20 heavy (non-hydrogen) atoms. The third-order valence-electron chi connectivity index (χ3n) is 2.83. The van der Waals surface area contributed by atoms with Crippen molar-refractivity contribution in [2.24, 2.45) is 0 Å². The van der Waals surface area contributed by atoms with E-state index >= 15 is 0 Å². The molecule has 2 aromatic carbocycles. The zero-order valence-corrected chi connectivity index (χ0v) is 11.9. The van der Waals surface area contributed by atoms with Crippen molar-refractivity contribution in [1.29, 1.82) is 0 Å². The lowest BCUT2D eigenvalue weighted by molar-refractivity contribution is -0.113. The van der Waals surface area contributed by atoms with E-state index in [9.17, 15) is 9.00 Å². The summed E-state index contributed by atoms with van der Waals surface area (Å²) in [6.45, 7) is 1.89. The number of benzene rings is 2. The summed E-state index contributed by atoms with van der Waals surface area (Å²) in [6.07, 6.45) is 0. The van der Waals surface area contributed by atoms with Crippen LogP contribution in [0.25, 0.3) is 0 Å². The van der Waals surface area contributed by atoms with Gasteiger partial charge < -0.3 is 11.1 Å². The van der Waals surface area contributed by atoms with Gasteiger partial charge in [0.25, 0.3) is 0 Å². The molecule has 0 heterocycles. The number of amides is 1. The summed E-state index contributed by atoms with van der Waals surface area (Å²) in [5, 5.41) is 2.70. The van der Waals surface area contributed by atoms with E-state index in [4.69, 9.17) is 5.73 Å². The van der Waals surface area contributed by atoms with Crippen LogP contribution in [0.1, 0.15) is 5.56 Å². The summed E-state index contributed by atoms with van der Waals surface area (Å²) in [5.41, 5.74) is 7.96. The Morgan fingerprint density at radius 2 is 1.90 bits per heavy atom. The van der Waals surface area contributed by atoms with Crippen LogP contribution in [0.3, 0.4) is 0 Å². The van der Waals surface area contributed by atoms with E-state index in [1.54, 1.807) is 36.4 Å². The highest BCUT2D eigenvalue weighted by atomic mass is 32.2. The molecule has 2 rings (SSSR count). The lowest BCUT2D eigenvalue weighted by Crippen LogP contribution is -2.19. The van der Waals surface area contributed by atoms with Crippen LogP contribution in [0, 0.1) is 6.92 Å². The van der Waals surface area contributed by atoms with Crippen molar-refractivity contribution in [3.05, 3.63) is 54.1 Å². The van der Waals surface area contributed by atoms with Crippen LogP contribution in [0.5, 0.6) is 0 Å². The van der Waals surface area contributed by atoms with Gasteiger partial charge >= 0.3 is 0 Å². The molecule has 104 valence electrons. The highest BCUT2D eigenvalue weighted by Gasteiger charge is 2.10. The van der Waals surface area contributed by atoms with E-state index in [1.165, 1.54) is 0 Å². The summed E-state index contributed by atoms with van der Waals surface area (Å²) in [5.74, 6) is -0.368. The van der Waals surface area contributed by atoms with Gasteiger partial charge in [-0.1, -0.05) is 24.3 Å². The van der Waals surface area contributed by atoms with Crippen molar-refractivity contribution in [2.45, 2.75) is 11.8 Å². The number of nitrogens with one attached hydrogen (secondary N) is 1. The van der Waals surface area contributed by atoms with E-state index in [1.807, 2.05) is 19.1 Å². The van der Waals surface area contributed by atoms with Crippen molar-refractivity contribution >= 4 is 28.1 Å². The van der Waals surface area contributed by atoms with Crippen molar-refractivity contribution in [2.75, 3.05) is 16.8 Å². The molecule has 1 unspecified atom stereocenters. The van der Waals surface area contributed by atoms with Crippen molar-refractivity contribution in [3.63, 3.8) is 0 Å². The number of aryl methyl sites for hydroxylation is 1. The normalized spacial score (nSPS) is 11.8. The molecule has 0 aliphatic heterocycles. The van der Waals surface area contributed by atoms with Gasteiger partial charge in [0.1, 0.15) is 5.75 Å². The average molecular weight is 288 g/mol. The maximum Gasteiger partial charge on any atom is 0.237 e. The predicted molar refractivity (Wildman–Crippen MR) is 81.9 cm³/mol. The maximum absolute atomic E-state index is 12.0. The summed E-state index contributed by atoms with van der Waals surface area (Å²) >= 11 is 0. The topological polar surface area (TPSA) is 72.2 Å². The summed E-state index contributed by atoms with van der Waals surface area (Å²) in [4.78, 5) is 12.5. The number of carbonyl (C=O) groups excluding carboxylic acids is 1. The Bertz CT molecular complexity index is 642. The lowest BCUT2D eigenvalue weighted by atomic mass is 10.2. The number of nitrogen functional groups attached to an aromatic ring is 1. The number of carbonyl (C=O) groups is 1. The monoisotopic (exact) mass is 288 g/mol. The highest BCUT2D eigenvalue weighted by molar-refractivity contribution is 7.85. The quantitative estimate of drug-likeness (QED) is 0.848. The highest BCUT2D eigenvalue weighted by Crippen LogP contribution is 2.17. The van der Waals surface area contributed by atoms with Crippen LogP contribution >= 0.6 is 0 Å². The zero-order valence-electron chi connectivity index (χ0n) is 11.1. The van der Waals surface area contributed by atoms with Crippen LogP contribution < -0.4 is 11.1 Å². The van der Waals surface area contributed by atoms with Gasteiger partial charge in [-0.2, -0.15) is 0 Å². The zero-order chi connectivity index (χ0) is 14.5. The lowest BCUT2D eigenvalue weighted by Gasteiger charge is -2.07. The van der Waals surface area contributed by atoms with Gasteiger partial charge in [0.15, 0.2) is 0 Å². The second kappa shape index (κ2) is 6.34. The smallest absolute Gasteiger partial charge is 0.237 e. The molecule has 0 aliphatic carbocycles. The molecule has 0 fully saturated rings. The van der Waals surface area contributed by atoms with Gasteiger partial charge in [-0.3, -0.25) is 9.00 Å². The molecule has 0 aromatic heterocycles. The van der Waals surface area contributed by atoms with Crippen molar-refractivity contribution in [3.8, 4) is 0 Å². The van der Waals surface area contributed by atoms with E-state index < -0.39 is 10.8 Å². The molecule has 1 atom stereocenters. The second-order valence-electron chi connectivity index (χ2n) is 4.42. The fraction of sp³-hybridized carbons (Fsp3) is 0.133. The minimum absolute atomic E-state index is 0.0716. The first kappa shape index (κ1) is 14.3. The standard InChI is InChI=1S/C15H16N2O2S/c1-11-7-8-12(9-14(11)16)17-15(18)10-20(19)13-5-3-2-4-6-13/h2-9H,10,16H2,1H3,(H,17,18). The Balaban J connectivity index is 1.99. The number of nitrogens with two attached hydrogens (primary N) is 1. The SMILES string of the molecule is Cc1ccc(NC(=O)CS(=O)c2ccccc2)cc1N. The number of anilines is 2. The fourth-order valence-electron chi connectivity index (χ4n) is 1.69. The van der Waals surface area contributed by atoms with Crippen LogP contribution in [0.15, 0.2) is 53.4 Å². The van der Waals surface area contributed by atoms with E-state index in [-0.39, 0.29) is 11.7 Å². The van der Waals surface area contributed by atoms with Gasteiger partial charge in [0.2, 0.25) is 5.91 Å². The van der Waals surface area contributed by atoms with Crippen LogP contribution in [-0.2, 0) is 15.6 Å². The first-order valence-electron chi connectivity index (χ1n) is 6.15. The Morgan fingerprint density at radius 3 is 2.55 bits per heavy atom. The number of hydrogen-bond acceptors (Lipinski definition) is 3. The largest absolute Gasteiger partial charge is 0.398 e. The molecule has 0 radical (unpaired) electrons. The van der Waals surface area contributed by atoms with Gasteiger partial charge in [-0.15, -0.1) is 0 Å². The third kappa shape index (κ3) is 3.68. The van der Waals surface area contributed by atoms with E-state index in [0.29, 0.717) is 16.3 Å². The van der Waals surface area contributed by atoms with E-state index in [0.717, 1.165) is 5.56 Å². The van der Waals surface area contributed by atoms with Gasteiger partial charge in [-0.05, 0) is 36.8 Å². The van der Waals surface area contributed by atoms with Crippen LogP contribution in [0.4, 0.5) is 11.4 Å². The minimum Gasteiger partial charge on any atom is -0.398 e. The predicted octanol–water partition coefficient (Wildman–Crippen LogP) is 2.32. The molecular weight excluding hydrogens is 272 g/mol. The van der Waals surface area contributed by atoms with Gasteiger partial charge in [-0.25, -0.2) is 0 Å². The minimum atomic E-state index is -1.34. The second-order valence-corrected chi connectivity index (χ2v) is 5.87. The van der Waals surface area contributed by atoms with Gasteiger partial charge in [0, 0.05) is 16.3 Å². The maximum atomic E-state index is 12.0.